The van der Waals surface area contributed by atoms with E-state index in [-0.39, 0.29) is 41.1 Å². The molecule has 146 valence electrons. The van der Waals surface area contributed by atoms with Crippen LogP contribution in [-0.2, 0) is 0 Å². The number of rotatable bonds is 6. The molecule has 1 saturated carbocycles. The van der Waals surface area contributed by atoms with Crippen LogP contribution in [0.25, 0.3) is 0 Å². The van der Waals surface area contributed by atoms with Crippen LogP contribution in [0.4, 0.5) is 4.39 Å². The summed E-state index contributed by atoms with van der Waals surface area (Å²) in [6.07, 6.45) is 3.38. The van der Waals surface area contributed by atoms with E-state index in [0.29, 0.717) is 24.2 Å². The zero-order chi connectivity index (χ0) is 19.7. The summed E-state index contributed by atoms with van der Waals surface area (Å²) in [4.78, 5) is 25.1. The largest absolute Gasteiger partial charge is 0.347 e. The number of halogens is 1. The van der Waals surface area contributed by atoms with Crippen LogP contribution in [-0.4, -0.2) is 41.1 Å². The Labute approximate surface area is 162 Å². The lowest BCUT2D eigenvalue weighted by atomic mass is 9.94. The summed E-state index contributed by atoms with van der Waals surface area (Å²) in [5.74, 6) is -0.900. The summed E-state index contributed by atoms with van der Waals surface area (Å²) in [7, 11) is 0. The van der Waals surface area contributed by atoms with Gasteiger partial charge in [0.15, 0.2) is 5.69 Å². The molecular weight excluding hydrogens is 361 g/mol. The van der Waals surface area contributed by atoms with Gasteiger partial charge in [0, 0.05) is 24.8 Å². The second-order valence-corrected chi connectivity index (χ2v) is 7.40. The first kappa shape index (κ1) is 18.5. The van der Waals surface area contributed by atoms with E-state index in [1.54, 1.807) is 25.1 Å². The molecule has 2 aliphatic rings. The van der Waals surface area contributed by atoms with Crippen molar-refractivity contribution < 1.29 is 14.0 Å². The molecule has 1 aromatic carbocycles. The Bertz CT molecular complexity index is 897. The predicted molar refractivity (Wildman–Crippen MR) is 100 cm³/mol. The average molecular weight is 383 g/mol. The first-order valence-electron chi connectivity index (χ1n) is 9.43. The number of nitrogens with one attached hydrogen (secondary N) is 3. The highest BCUT2D eigenvalue weighted by Crippen LogP contribution is 2.42. The van der Waals surface area contributed by atoms with Crippen molar-refractivity contribution in [1.82, 2.24) is 26.1 Å². The summed E-state index contributed by atoms with van der Waals surface area (Å²) in [5, 5.41) is 16.5. The minimum absolute atomic E-state index is 0.0656. The van der Waals surface area contributed by atoms with Crippen molar-refractivity contribution in [2.45, 2.75) is 31.8 Å². The number of amides is 2. The molecule has 2 aromatic rings. The lowest BCUT2D eigenvalue weighted by Crippen LogP contribution is -2.56. The van der Waals surface area contributed by atoms with Crippen molar-refractivity contribution in [3.05, 3.63) is 58.7 Å². The molecule has 8 heteroatoms. The van der Waals surface area contributed by atoms with Crippen LogP contribution in [0.3, 0.4) is 0 Å². The number of carbonyl (C=O) groups excluding carboxylic acids is 2. The molecular formula is C20H22FN5O2. The molecule has 28 heavy (non-hydrogen) atoms. The maximum absolute atomic E-state index is 14.6. The molecule has 2 heterocycles. The molecule has 3 N–H and O–H groups in total. The van der Waals surface area contributed by atoms with Crippen molar-refractivity contribution in [2.75, 3.05) is 13.1 Å². The third kappa shape index (κ3) is 3.87. The van der Waals surface area contributed by atoms with Crippen LogP contribution in [0.2, 0.25) is 0 Å². The minimum atomic E-state index is -0.450. The SMILES string of the molecule is Cc1c(F)cc(C(=O)NC2CNC2)cc1C(NC(=O)c1cccnn1)C1CC1. The lowest BCUT2D eigenvalue weighted by Gasteiger charge is -2.28. The molecule has 0 spiro atoms. The van der Waals surface area contributed by atoms with Crippen molar-refractivity contribution in [3.8, 4) is 0 Å². The van der Waals surface area contributed by atoms with E-state index in [1.807, 2.05) is 0 Å². The normalized spacial score (nSPS) is 17.5. The summed E-state index contributed by atoms with van der Waals surface area (Å²) in [5.41, 5.74) is 1.55. The number of hydrogen-bond donors (Lipinski definition) is 3. The Morgan fingerprint density at radius 2 is 2.04 bits per heavy atom. The molecule has 1 saturated heterocycles. The van der Waals surface area contributed by atoms with Gasteiger partial charge in [-0.15, -0.1) is 5.10 Å². The van der Waals surface area contributed by atoms with Crippen molar-refractivity contribution in [2.24, 2.45) is 5.92 Å². The van der Waals surface area contributed by atoms with Crippen LogP contribution in [0.15, 0.2) is 30.5 Å². The van der Waals surface area contributed by atoms with Gasteiger partial charge >= 0.3 is 0 Å². The average Bonchev–Trinajstić information content (AvgIpc) is 3.50. The maximum Gasteiger partial charge on any atom is 0.272 e. The van der Waals surface area contributed by atoms with E-state index >= 15 is 0 Å². The Morgan fingerprint density at radius 1 is 1.25 bits per heavy atom. The standard InChI is InChI=1S/C20H22FN5O2/c1-11-15(7-13(8-16(11)21)19(27)24-14-9-22-10-14)18(12-4-5-12)25-20(28)17-3-2-6-23-26-17/h2-3,6-8,12,14,18,22H,4-5,9-10H2,1H3,(H,24,27)(H,25,28). The number of hydrogen-bond acceptors (Lipinski definition) is 5. The topological polar surface area (TPSA) is 96.0 Å². The van der Waals surface area contributed by atoms with Gasteiger partial charge in [0.05, 0.1) is 12.1 Å². The molecule has 2 amide bonds. The van der Waals surface area contributed by atoms with E-state index in [9.17, 15) is 14.0 Å². The Morgan fingerprint density at radius 3 is 2.64 bits per heavy atom. The third-order valence-electron chi connectivity index (χ3n) is 5.28. The van der Waals surface area contributed by atoms with Crippen LogP contribution < -0.4 is 16.0 Å². The summed E-state index contributed by atoms with van der Waals surface area (Å²) >= 11 is 0. The van der Waals surface area contributed by atoms with Crippen LogP contribution in [0, 0.1) is 18.7 Å². The van der Waals surface area contributed by atoms with Crippen LogP contribution in [0.5, 0.6) is 0 Å². The fourth-order valence-electron chi connectivity index (χ4n) is 3.33. The summed E-state index contributed by atoms with van der Waals surface area (Å²) in [6.45, 7) is 3.10. The van der Waals surface area contributed by atoms with Gasteiger partial charge in [-0.2, -0.15) is 5.10 Å². The van der Waals surface area contributed by atoms with Crippen molar-refractivity contribution >= 4 is 11.8 Å². The molecule has 0 bridgehead atoms. The van der Waals surface area contributed by atoms with E-state index in [1.165, 1.54) is 12.3 Å². The van der Waals surface area contributed by atoms with Gasteiger partial charge in [-0.1, -0.05) is 0 Å². The second kappa shape index (κ2) is 7.63. The highest BCUT2D eigenvalue weighted by molar-refractivity contribution is 5.95. The highest BCUT2D eigenvalue weighted by Gasteiger charge is 2.35. The molecule has 0 radical (unpaired) electrons. The van der Waals surface area contributed by atoms with Gasteiger partial charge in [-0.25, -0.2) is 4.39 Å². The van der Waals surface area contributed by atoms with Crippen molar-refractivity contribution in [3.63, 3.8) is 0 Å². The number of benzene rings is 1. The highest BCUT2D eigenvalue weighted by atomic mass is 19.1. The maximum atomic E-state index is 14.6. The first-order valence-corrected chi connectivity index (χ1v) is 9.43. The van der Waals surface area contributed by atoms with E-state index in [2.05, 4.69) is 26.1 Å². The number of nitrogens with zero attached hydrogens (tertiary/aromatic N) is 2. The fourth-order valence-corrected chi connectivity index (χ4v) is 3.33. The Hall–Kier alpha value is -2.87. The van der Waals surface area contributed by atoms with Gasteiger partial charge in [-0.05, 0) is 61.1 Å². The third-order valence-corrected chi connectivity index (χ3v) is 5.28. The quantitative estimate of drug-likeness (QED) is 0.703. The van der Waals surface area contributed by atoms with Gasteiger partial charge in [0.2, 0.25) is 0 Å². The summed E-state index contributed by atoms with van der Waals surface area (Å²) < 4.78 is 14.6. The lowest BCUT2D eigenvalue weighted by molar-refractivity contribution is 0.0919. The molecule has 7 nitrogen and oxygen atoms in total. The van der Waals surface area contributed by atoms with Crippen molar-refractivity contribution in [1.29, 1.82) is 0 Å². The zero-order valence-electron chi connectivity index (χ0n) is 15.5. The smallest absolute Gasteiger partial charge is 0.272 e. The Balaban J connectivity index is 1.60. The zero-order valence-corrected chi connectivity index (χ0v) is 15.5. The van der Waals surface area contributed by atoms with Gasteiger partial charge < -0.3 is 16.0 Å². The first-order chi connectivity index (χ1) is 13.5. The van der Waals surface area contributed by atoms with Gasteiger partial charge in [0.25, 0.3) is 11.8 Å². The number of carbonyl (C=O) groups is 2. The fraction of sp³-hybridized carbons (Fsp3) is 0.400. The summed E-state index contributed by atoms with van der Waals surface area (Å²) in [6, 6.07) is 5.86. The second-order valence-electron chi connectivity index (χ2n) is 7.40. The van der Waals surface area contributed by atoms with Gasteiger partial charge in [-0.3, -0.25) is 9.59 Å². The molecule has 1 aromatic heterocycles. The number of aromatic nitrogens is 2. The molecule has 4 rings (SSSR count). The van der Waals surface area contributed by atoms with E-state index in [4.69, 9.17) is 0 Å². The van der Waals surface area contributed by atoms with Crippen LogP contribution in [0.1, 0.15) is 50.9 Å². The van der Waals surface area contributed by atoms with E-state index in [0.717, 1.165) is 12.8 Å². The monoisotopic (exact) mass is 383 g/mol. The molecule has 1 aliphatic heterocycles. The molecule has 1 aliphatic carbocycles. The van der Waals surface area contributed by atoms with E-state index < -0.39 is 5.82 Å². The minimum Gasteiger partial charge on any atom is -0.347 e. The molecule has 1 unspecified atom stereocenters. The van der Waals surface area contributed by atoms with Crippen LogP contribution >= 0.6 is 0 Å². The predicted octanol–water partition coefficient (Wildman–Crippen LogP) is 1.51. The Kier molecular flexibility index (Phi) is 5.04. The van der Waals surface area contributed by atoms with Gasteiger partial charge in [0.1, 0.15) is 5.82 Å². The molecule has 1 atom stereocenters. The molecule has 2 fully saturated rings.